The summed E-state index contributed by atoms with van der Waals surface area (Å²) in [5.74, 6) is -0.0545. The topological polar surface area (TPSA) is 78.0 Å². The lowest BCUT2D eigenvalue weighted by molar-refractivity contribution is 0.594. The Bertz CT molecular complexity index is 707. The van der Waals surface area contributed by atoms with Gasteiger partial charge in [0.2, 0.25) is 0 Å². The summed E-state index contributed by atoms with van der Waals surface area (Å²) in [4.78, 5) is 3.82. The monoisotopic (exact) mass is 303 g/mol. The molecular formula is C11H11ClFN3O2S. The number of primary sulfonamides is 1. The Labute approximate surface area is 114 Å². The highest BCUT2D eigenvalue weighted by Gasteiger charge is 2.16. The highest BCUT2D eigenvalue weighted by Crippen LogP contribution is 2.21. The van der Waals surface area contributed by atoms with Crippen molar-refractivity contribution in [2.75, 3.05) is 0 Å². The van der Waals surface area contributed by atoms with Gasteiger partial charge in [-0.1, -0.05) is 17.7 Å². The molecular weight excluding hydrogens is 293 g/mol. The fourth-order valence-corrected chi connectivity index (χ4v) is 2.39. The molecule has 19 heavy (non-hydrogen) atoms. The highest BCUT2D eigenvalue weighted by atomic mass is 35.5. The van der Waals surface area contributed by atoms with Crippen LogP contribution in [0.3, 0.4) is 0 Å². The lowest BCUT2D eigenvalue weighted by Gasteiger charge is -2.07. The second kappa shape index (κ2) is 4.92. The number of sulfonamides is 1. The van der Waals surface area contributed by atoms with Crippen molar-refractivity contribution in [1.82, 2.24) is 9.55 Å². The quantitative estimate of drug-likeness (QED) is 0.937. The number of aryl methyl sites for hydroxylation is 1. The molecule has 0 saturated heterocycles. The molecule has 0 atom stereocenters. The maximum absolute atomic E-state index is 13.6. The molecule has 5 nitrogen and oxygen atoms in total. The molecule has 1 aromatic heterocycles. The minimum absolute atomic E-state index is 0.0832. The van der Waals surface area contributed by atoms with Crippen LogP contribution in [0.1, 0.15) is 11.4 Å². The Morgan fingerprint density at radius 2 is 2.16 bits per heavy atom. The molecule has 2 rings (SSSR count). The fraction of sp³-hybridized carbons (Fsp3) is 0.182. The van der Waals surface area contributed by atoms with Gasteiger partial charge < -0.3 is 4.57 Å². The van der Waals surface area contributed by atoms with Crippen LogP contribution in [-0.4, -0.2) is 18.0 Å². The SMILES string of the molecule is Cc1nc(S(N)(=O)=O)cn1Cc1c(F)cccc1Cl. The molecule has 1 aromatic carbocycles. The molecule has 0 aliphatic rings. The first-order valence-electron chi connectivity index (χ1n) is 5.28. The average Bonchev–Trinajstić information content (AvgIpc) is 2.65. The first-order valence-corrected chi connectivity index (χ1v) is 7.21. The van der Waals surface area contributed by atoms with Crippen molar-refractivity contribution in [3.05, 3.63) is 46.6 Å². The molecule has 102 valence electrons. The Hall–Kier alpha value is -1.44. The van der Waals surface area contributed by atoms with Crippen molar-refractivity contribution < 1.29 is 12.8 Å². The zero-order valence-corrected chi connectivity index (χ0v) is 11.5. The van der Waals surface area contributed by atoms with Gasteiger partial charge in [0.1, 0.15) is 11.6 Å². The van der Waals surface area contributed by atoms with E-state index in [0.29, 0.717) is 5.82 Å². The molecule has 0 bridgehead atoms. The first-order chi connectivity index (χ1) is 8.79. The number of halogens is 2. The van der Waals surface area contributed by atoms with E-state index in [9.17, 15) is 12.8 Å². The molecule has 0 aliphatic carbocycles. The second-order valence-corrected chi connectivity index (χ2v) is 5.91. The summed E-state index contributed by atoms with van der Waals surface area (Å²) in [5, 5.41) is 5.00. The molecule has 0 radical (unpaired) electrons. The summed E-state index contributed by atoms with van der Waals surface area (Å²) in [5.41, 5.74) is 0.269. The predicted molar refractivity (Wildman–Crippen MR) is 68.8 cm³/mol. The van der Waals surface area contributed by atoms with Crippen molar-refractivity contribution in [3.63, 3.8) is 0 Å². The van der Waals surface area contributed by atoms with Crippen LogP contribution in [0, 0.1) is 12.7 Å². The third-order valence-corrected chi connectivity index (χ3v) is 3.77. The van der Waals surface area contributed by atoms with Crippen LogP contribution in [-0.2, 0) is 16.6 Å². The molecule has 2 N–H and O–H groups in total. The lowest BCUT2D eigenvalue weighted by atomic mass is 10.2. The van der Waals surface area contributed by atoms with Crippen molar-refractivity contribution >= 4 is 21.6 Å². The number of nitrogens with zero attached hydrogens (tertiary/aromatic N) is 2. The maximum atomic E-state index is 13.6. The van der Waals surface area contributed by atoms with E-state index in [4.69, 9.17) is 16.7 Å². The Balaban J connectivity index is 2.42. The van der Waals surface area contributed by atoms with Gasteiger partial charge in [0, 0.05) is 16.8 Å². The van der Waals surface area contributed by atoms with Gasteiger partial charge in [-0.3, -0.25) is 0 Å². The van der Waals surface area contributed by atoms with E-state index >= 15 is 0 Å². The van der Waals surface area contributed by atoms with Crippen LogP contribution in [0.2, 0.25) is 5.02 Å². The summed E-state index contributed by atoms with van der Waals surface area (Å²) in [6.45, 7) is 1.68. The standard InChI is InChI=1S/C11H11ClFN3O2S/c1-7-15-11(19(14,17)18)6-16(7)5-8-9(12)3-2-4-10(8)13/h2-4,6H,5H2,1H3,(H2,14,17,18). The van der Waals surface area contributed by atoms with E-state index in [2.05, 4.69) is 4.98 Å². The van der Waals surface area contributed by atoms with Crippen molar-refractivity contribution in [3.8, 4) is 0 Å². The van der Waals surface area contributed by atoms with Crippen molar-refractivity contribution in [2.24, 2.45) is 5.14 Å². The largest absolute Gasteiger partial charge is 0.329 e. The summed E-state index contributed by atoms with van der Waals surface area (Å²) in [6.07, 6.45) is 1.26. The number of hydrogen-bond donors (Lipinski definition) is 1. The summed E-state index contributed by atoms with van der Waals surface area (Å²) < 4.78 is 37.5. The smallest absolute Gasteiger partial charge is 0.257 e. The highest BCUT2D eigenvalue weighted by molar-refractivity contribution is 7.89. The van der Waals surface area contributed by atoms with Gasteiger partial charge in [-0.2, -0.15) is 0 Å². The van der Waals surface area contributed by atoms with Crippen LogP contribution < -0.4 is 5.14 Å². The van der Waals surface area contributed by atoms with Crippen molar-refractivity contribution in [2.45, 2.75) is 18.5 Å². The Morgan fingerprint density at radius 1 is 1.47 bits per heavy atom. The lowest BCUT2D eigenvalue weighted by Crippen LogP contribution is -2.12. The average molecular weight is 304 g/mol. The van der Waals surface area contributed by atoms with Gasteiger partial charge in [0.15, 0.2) is 5.03 Å². The van der Waals surface area contributed by atoms with Gasteiger partial charge in [-0.25, -0.2) is 22.9 Å². The third-order valence-electron chi connectivity index (χ3n) is 2.64. The molecule has 0 spiro atoms. The van der Waals surface area contributed by atoms with Crippen LogP contribution in [0.4, 0.5) is 4.39 Å². The summed E-state index contributed by atoms with van der Waals surface area (Å²) in [6, 6.07) is 4.35. The molecule has 1 heterocycles. The molecule has 0 unspecified atom stereocenters. The number of imidazole rings is 1. The Kier molecular flexibility index (Phi) is 3.62. The summed E-state index contributed by atoms with van der Waals surface area (Å²) >= 11 is 5.91. The Morgan fingerprint density at radius 3 is 2.68 bits per heavy atom. The molecule has 8 heteroatoms. The second-order valence-electron chi connectivity index (χ2n) is 4.00. The molecule has 0 fully saturated rings. The van der Waals surface area contributed by atoms with Crippen LogP contribution in [0.15, 0.2) is 29.4 Å². The number of rotatable bonds is 3. The number of nitrogens with two attached hydrogens (primary N) is 1. The fourth-order valence-electron chi connectivity index (χ4n) is 1.63. The number of hydrogen-bond acceptors (Lipinski definition) is 3. The van der Waals surface area contributed by atoms with Crippen molar-refractivity contribution in [1.29, 1.82) is 0 Å². The van der Waals surface area contributed by atoms with E-state index in [1.165, 1.54) is 22.9 Å². The van der Waals surface area contributed by atoms with Gasteiger partial charge in [0.25, 0.3) is 10.0 Å². The molecule has 0 saturated carbocycles. The van der Waals surface area contributed by atoms with E-state index < -0.39 is 15.8 Å². The van der Waals surface area contributed by atoms with E-state index in [1.54, 1.807) is 13.0 Å². The van der Waals surface area contributed by atoms with Gasteiger partial charge >= 0.3 is 0 Å². The van der Waals surface area contributed by atoms with E-state index in [1.807, 2.05) is 0 Å². The maximum Gasteiger partial charge on any atom is 0.257 e. The number of benzene rings is 1. The minimum atomic E-state index is -3.88. The van der Waals surface area contributed by atoms with Gasteiger partial charge in [-0.05, 0) is 19.1 Å². The first kappa shape index (κ1) is 14.0. The minimum Gasteiger partial charge on any atom is -0.329 e. The van der Waals surface area contributed by atoms with Crippen LogP contribution in [0.25, 0.3) is 0 Å². The zero-order valence-electron chi connectivity index (χ0n) is 9.97. The van der Waals surface area contributed by atoms with Crippen LogP contribution >= 0.6 is 11.6 Å². The molecule has 0 amide bonds. The predicted octanol–water partition coefficient (Wildman–Crippen LogP) is 1.68. The molecule has 0 aliphatic heterocycles. The number of aromatic nitrogens is 2. The van der Waals surface area contributed by atoms with E-state index in [0.717, 1.165) is 0 Å². The summed E-state index contributed by atoms with van der Waals surface area (Å²) in [7, 11) is -3.88. The zero-order chi connectivity index (χ0) is 14.2. The van der Waals surface area contributed by atoms with Gasteiger partial charge in [0.05, 0.1) is 6.54 Å². The van der Waals surface area contributed by atoms with E-state index in [-0.39, 0.29) is 22.2 Å². The molecule has 2 aromatic rings. The third kappa shape index (κ3) is 2.94. The normalized spacial score (nSPS) is 11.8. The van der Waals surface area contributed by atoms with Gasteiger partial charge in [-0.15, -0.1) is 0 Å². The van der Waals surface area contributed by atoms with Crippen LogP contribution in [0.5, 0.6) is 0 Å².